The van der Waals surface area contributed by atoms with Gasteiger partial charge in [-0.3, -0.25) is 14.2 Å². The van der Waals surface area contributed by atoms with Crippen LogP contribution in [0.2, 0.25) is 5.02 Å². The number of amides is 2. The van der Waals surface area contributed by atoms with Gasteiger partial charge in [-0.05, 0) is 61.1 Å². The lowest BCUT2D eigenvalue weighted by Gasteiger charge is -2.32. The Balaban J connectivity index is 1.82. The molecule has 2 amide bonds. The molecule has 2 heterocycles. The van der Waals surface area contributed by atoms with E-state index in [1.807, 2.05) is 37.3 Å². The lowest BCUT2D eigenvalue weighted by molar-refractivity contribution is 0.0655. The predicted octanol–water partition coefficient (Wildman–Crippen LogP) is 5.11. The summed E-state index contributed by atoms with van der Waals surface area (Å²) in [6.07, 6.45) is -0.264. The first-order valence-corrected chi connectivity index (χ1v) is 13.4. The van der Waals surface area contributed by atoms with Gasteiger partial charge in [0.05, 0.1) is 23.7 Å². The number of rotatable bonds is 10. The topological polar surface area (TPSA) is 117 Å². The van der Waals surface area contributed by atoms with Gasteiger partial charge in [0.15, 0.2) is 4.83 Å². The second-order valence-corrected chi connectivity index (χ2v) is 10.00. The second kappa shape index (κ2) is 12.2. The highest BCUT2D eigenvalue weighted by molar-refractivity contribution is 7.12. The van der Waals surface area contributed by atoms with Crippen molar-refractivity contribution in [3.8, 4) is 0 Å². The first kappa shape index (κ1) is 27.3. The number of halogens is 1. The molecule has 0 spiro atoms. The van der Waals surface area contributed by atoms with Crippen molar-refractivity contribution in [2.45, 2.75) is 39.3 Å². The maximum Gasteiger partial charge on any atom is 0.404 e. The number of hydrogen-bond donors (Lipinski definition) is 2. The number of aromatic nitrogens is 3. The molecule has 4 aromatic rings. The molecule has 2 aromatic carbocycles. The number of benzene rings is 2. The summed E-state index contributed by atoms with van der Waals surface area (Å²) in [5, 5.41) is 12.3. The molecule has 1 unspecified atom stereocenters. The Morgan fingerprint density at radius 3 is 2.53 bits per heavy atom. The third-order valence-corrected chi connectivity index (χ3v) is 7.33. The molecule has 11 heteroatoms. The Labute approximate surface area is 228 Å². The molecule has 0 aliphatic carbocycles. The highest BCUT2D eigenvalue weighted by atomic mass is 35.5. The van der Waals surface area contributed by atoms with Gasteiger partial charge in [0.1, 0.15) is 5.82 Å². The van der Waals surface area contributed by atoms with Crippen molar-refractivity contribution in [2.75, 3.05) is 13.1 Å². The maximum absolute atomic E-state index is 13.8. The zero-order chi connectivity index (χ0) is 27.2. The first-order valence-electron chi connectivity index (χ1n) is 12.2. The van der Waals surface area contributed by atoms with Crippen LogP contribution in [0, 0.1) is 6.92 Å². The van der Waals surface area contributed by atoms with Crippen molar-refractivity contribution >= 4 is 45.4 Å². The number of nitrogens with zero attached hydrogens (tertiary/aromatic N) is 4. The van der Waals surface area contributed by atoms with Gasteiger partial charge < -0.3 is 15.3 Å². The van der Waals surface area contributed by atoms with Gasteiger partial charge in [-0.2, -0.15) is 4.37 Å². The smallest absolute Gasteiger partial charge is 0.404 e. The van der Waals surface area contributed by atoms with E-state index in [1.165, 1.54) is 0 Å². The molecule has 1 atom stereocenters. The molecule has 198 valence electrons. The number of fused-ring (bicyclic) bond motifs is 1. The standard InChI is InChI=1S/C27H28ClN5O4S/c1-3-21(32(15-7-14-29-27(36)37)25(34)19-10-12-20(28)13-11-19)23-30-24-22(17(2)31-38-24)26(35)33(23)16-18-8-5-4-6-9-18/h4-6,8-13,21,29H,3,7,14-16H2,1-2H3,(H,36,37). The molecule has 0 fully saturated rings. The van der Waals surface area contributed by atoms with Crippen molar-refractivity contribution in [3.05, 3.63) is 92.6 Å². The monoisotopic (exact) mass is 553 g/mol. The molecule has 38 heavy (non-hydrogen) atoms. The fourth-order valence-corrected chi connectivity index (χ4v) is 5.30. The van der Waals surface area contributed by atoms with Gasteiger partial charge in [-0.1, -0.05) is 48.9 Å². The maximum atomic E-state index is 13.8. The van der Waals surface area contributed by atoms with Crippen LogP contribution < -0.4 is 10.9 Å². The number of nitrogens with one attached hydrogen (secondary N) is 1. The SMILES string of the molecule is CCC(c1nc2snc(C)c2c(=O)n1Cc1ccccc1)N(CCCNC(=O)O)C(=O)c1ccc(Cl)cc1. The van der Waals surface area contributed by atoms with Crippen LogP contribution in [0.3, 0.4) is 0 Å². The number of carbonyl (C=O) groups is 2. The average molecular weight is 554 g/mol. The number of carboxylic acid groups (broad SMARTS) is 1. The van der Waals surface area contributed by atoms with Gasteiger partial charge in [-0.15, -0.1) is 0 Å². The van der Waals surface area contributed by atoms with Gasteiger partial charge in [0.25, 0.3) is 11.5 Å². The Kier molecular flexibility index (Phi) is 8.75. The van der Waals surface area contributed by atoms with Gasteiger partial charge >= 0.3 is 6.09 Å². The molecule has 0 saturated carbocycles. The van der Waals surface area contributed by atoms with E-state index in [4.69, 9.17) is 21.7 Å². The summed E-state index contributed by atoms with van der Waals surface area (Å²) >= 11 is 7.20. The molecular weight excluding hydrogens is 526 g/mol. The Hall–Kier alpha value is -3.76. The van der Waals surface area contributed by atoms with Gasteiger partial charge in [-0.25, -0.2) is 9.78 Å². The van der Waals surface area contributed by atoms with Crippen molar-refractivity contribution < 1.29 is 14.7 Å². The summed E-state index contributed by atoms with van der Waals surface area (Å²) in [4.78, 5) is 45.6. The van der Waals surface area contributed by atoms with E-state index >= 15 is 0 Å². The number of aryl methyl sites for hydroxylation is 1. The molecule has 0 saturated heterocycles. The van der Waals surface area contributed by atoms with Crippen molar-refractivity contribution in [1.82, 2.24) is 24.1 Å². The van der Waals surface area contributed by atoms with E-state index < -0.39 is 12.1 Å². The van der Waals surface area contributed by atoms with Crippen LogP contribution in [-0.2, 0) is 6.54 Å². The van der Waals surface area contributed by atoms with E-state index in [9.17, 15) is 14.4 Å². The molecule has 4 rings (SSSR count). The number of hydrogen-bond acceptors (Lipinski definition) is 6. The van der Waals surface area contributed by atoms with Crippen LogP contribution in [0.25, 0.3) is 10.2 Å². The second-order valence-electron chi connectivity index (χ2n) is 8.81. The van der Waals surface area contributed by atoms with Crippen LogP contribution in [-0.4, -0.2) is 49.0 Å². The van der Waals surface area contributed by atoms with E-state index in [-0.39, 0.29) is 31.1 Å². The summed E-state index contributed by atoms with van der Waals surface area (Å²) in [5.41, 5.74) is 1.78. The molecule has 2 aromatic heterocycles. The minimum Gasteiger partial charge on any atom is -0.465 e. The highest BCUT2D eigenvalue weighted by Gasteiger charge is 2.30. The van der Waals surface area contributed by atoms with Crippen molar-refractivity contribution in [2.24, 2.45) is 0 Å². The Bertz CT molecular complexity index is 1490. The first-order chi connectivity index (χ1) is 18.3. The molecule has 0 aliphatic rings. The Morgan fingerprint density at radius 1 is 1.16 bits per heavy atom. The molecule has 2 N–H and O–H groups in total. The summed E-state index contributed by atoms with van der Waals surface area (Å²) in [6, 6.07) is 15.7. The van der Waals surface area contributed by atoms with Crippen LogP contribution in [0.1, 0.15) is 53.2 Å². The minimum atomic E-state index is -1.13. The predicted molar refractivity (Wildman–Crippen MR) is 148 cm³/mol. The summed E-state index contributed by atoms with van der Waals surface area (Å²) < 4.78 is 5.98. The van der Waals surface area contributed by atoms with Crippen LogP contribution in [0.15, 0.2) is 59.4 Å². The van der Waals surface area contributed by atoms with E-state index in [0.717, 1.165) is 17.1 Å². The van der Waals surface area contributed by atoms with Gasteiger partial charge in [0.2, 0.25) is 0 Å². The van der Waals surface area contributed by atoms with E-state index in [2.05, 4.69) is 9.69 Å². The lowest BCUT2D eigenvalue weighted by atomic mass is 10.1. The Morgan fingerprint density at radius 2 is 1.87 bits per heavy atom. The van der Waals surface area contributed by atoms with Gasteiger partial charge in [0, 0.05) is 23.7 Å². The third-order valence-electron chi connectivity index (χ3n) is 6.24. The van der Waals surface area contributed by atoms with Crippen molar-refractivity contribution in [1.29, 1.82) is 0 Å². The highest BCUT2D eigenvalue weighted by Crippen LogP contribution is 2.28. The quantitative estimate of drug-likeness (QED) is 0.263. The zero-order valence-corrected chi connectivity index (χ0v) is 22.6. The molecule has 9 nitrogen and oxygen atoms in total. The zero-order valence-electron chi connectivity index (χ0n) is 21.1. The average Bonchev–Trinajstić information content (AvgIpc) is 3.28. The summed E-state index contributed by atoms with van der Waals surface area (Å²) in [7, 11) is 0. The summed E-state index contributed by atoms with van der Waals surface area (Å²) in [5.74, 6) is 0.205. The lowest BCUT2D eigenvalue weighted by Crippen LogP contribution is -2.40. The van der Waals surface area contributed by atoms with Crippen LogP contribution >= 0.6 is 23.1 Å². The minimum absolute atomic E-state index is 0.174. The normalized spacial score (nSPS) is 11.9. The van der Waals surface area contributed by atoms with Crippen LogP contribution in [0.5, 0.6) is 0 Å². The molecule has 0 aliphatic heterocycles. The fourth-order valence-electron chi connectivity index (χ4n) is 4.40. The van der Waals surface area contributed by atoms with Crippen LogP contribution in [0.4, 0.5) is 4.79 Å². The third kappa shape index (κ3) is 6.03. The fraction of sp³-hybridized carbons (Fsp3) is 0.296. The number of carbonyl (C=O) groups excluding carboxylic acids is 1. The van der Waals surface area contributed by atoms with E-state index in [0.29, 0.717) is 45.2 Å². The largest absolute Gasteiger partial charge is 0.465 e. The molecule has 0 bridgehead atoms. The molecular formula is C27H28ClN5O4S. The summed E-state index contributed by atoms with van der Waals surface area (Å²) in [6.45, 7) is 4.43. The van der Waals surface area contributed by atoms with E-state index in [1.54, 1.807) is 40.7 Å². The molecule has 0 radical (unpaired) electrons. The van der Waals surface area contributed by atoms with Crippen molar-refractivity contribution in [3.63, 3.8) is 0 Å².